The van der Waals surface area contributed by atoms with Crippen LogP contribution < -0.4 is 10.6 Å². The van der Waals surface area contributed by atoms with Crippen LogP contribution in [0.5, 0.6) is 5.88 Å². The van der Waals surface area contributed by atoms with Gasteiger partial charge in [0.15, 0.2) is 0 Å². The van der Waals surface area contributed by atoms with Crippen LogP contribution in [0.3, 0.4) is 0 Å². The Labute approximate surface area is 119 Å². The van der Waals surface area contributed by atoms with Gasteiger partial charge in [0.2, 0.25) is 11.8 Å². The highest BCUT2D eigenvalue weighted by Gasteiger charge is 2.72. The fraction of sp³-hybridized carbons (Fsp3) is 0.417. The first-order valence-electron chi connectivity index (χ1n) is 6.01. The third kappa shape index (κ3) is 1.85. The Morgan fingerprint density at radius 2 is 2.00 bits per heavy atom. The molecule has 1 aromatic heterocycles. The van der Waals surface area contributed by atoms with Crippen LogP contribution in [0.15, 0.2) is 12.3 Å². The van der Waals surface area contributed by atoms with Crippen molar-refractivity contribution in [1.82, 2.24) is 10.3 Å². The molecule has 3 saturated carbocycles. The average molecular weight is 298 g/mol. The van der Waals surface area contributed by atoms with Crippen molar-refractivity contribution in [3.63, 3.8) is 0 Å². The molecule has 0 radical (unpaired) electrons. The summed E-state index contributed by atoms with van der Waals surface area (Å²) in [6, 6.07) is 1.42. The van der Waals surface area contributed by atoms with E-state index in [9.17, 15) is 14.7 Å². The average Bonchev–Trinajstić information content (AvgIpc) is 2.26. The Morgan fingerprint density at radius 3 is 2.60 bits per heavy atom. The number of hydrogen-bond donors (Lipinski definition) is 4. The molecule has 0 saturated heterocycles. The summed E-state index contributed by atoms with van der Waals surface area (Å²) in [5.41, 5.74) is -0.831. The number of carboxylic acid groups (broad SMARTS) is 1. The van der Waals surface area contributed by atoms with Gasteiger partial charge in [-0.05, 0) is 25.3 Å². The topological polar surface area (TPSA) is 112 Å². The quantitative estimate of drug-likeness (QED) is 0.676. The van der Waals surface area contributed by atoms with Crippen molar-refractivity contribution in [3.8, 4) is 5.88 Å². The molecule has 0 aliphatic heterocycles. The molecule has 0 atom stereocenters. The lowest BCUT2D eigenvalue weighted by molar-refractivity contribution is -0.173. The van der Waals surface area contributed by atoms with Crippen molar-refractivity contribution in [2.45, 2.75) is 24.8 Å². The maximum atomic E-state index is 12.2. The molecule has 2 amide bonds. The van der Waals surface area contributed by atoms with Gasteiger partial charge in [-0.1, -0.05) is 11.6 Å². The second-order valence-corrected chi connectivity index (χ2v) is 5.94. The van der Waals surface area contributed by atoms with E-state index in [1.54, 1.807) is 0 Å². The molecule has 106 valence electrons. The van der Waals surface area contributed by atoms with Crippen LogP contribution in [0.4, 0.5) is 10.5 Å². The van der Waals surface area contributed by atoms with E-state index in [1.165, 1.54) is 12.3 Å². The molecule has 20 heavy (non-hydrogen) atoms. The van der Waals surface area contributed by atoms with Crippen molar-refractivity contribution >= 4 is 29.3 Å². The molecule has 3 fully saturated rings. The largest absolute Gasteiger partial charge is 0.492 e. The number of aromatic hydroxyl groups is 1. The summed E-state index contributed by atoms with van der Waals surface area (Å²) in [6.45, 7) is 0. The number of pyridine rings is 1. The Bertz CT molecular complexity index is 599. The van der Waals surface area contributed by atoms with Crippen molar-refractivity contribution in [2.75, 3.05) is 5.32 Å². The molecule has 0 unspecified atom stereocenters. The number of rotatable bonds is 3. The molecule has 4 N–H and O–H groups in total. The van der Waals surface area contributed by atoms with Crippen LogP contribution in [0.2, 0.25) is 5.02 Å². The normalized spacial score (nSPS) is 29.9. The van der Waals surface area contributed by atoms with Crippen molar-refractivity contribution < 1.29 is 19.8 Å². The lowest BCUT2D eigenvalue weighted by Gasteiger charge is -2.68. The van der Waals surface area contributed by atoms with Crippen LogP contribution in [0.25, 0.3) is 0 Å². The molecule has 3 aliphatic rings. The summed E-state index contributed by atoms with van der Waals surface area (Å²) in [4.78, 5) is 26.4. The molecule has 2 bridgehead atoms. The fourth-order valence-electron chi connectivity index (χ4n) is 3.17. The number of nitrogens with zero attached hydrogens (tertiary/aromatic N) is 1. The van der Waals surface area contributed by atoms with E-state index in [1.807, 2.05) is 0 Å². The first kappa shape index (κ1) is 13.0. The summed E-state index contributed by atoms with van der Waals surface area (Å²) in [6.07, 6.45) is 1.64. The number of nitrogens with one attached hydrogen (secondary N) is 2. The highest BCUT2D eigenvalue weighted by atomic mass is 35.5. The Morgan fingerprint density at radius 1 is 1.35 bits per heavy atom. The van der Waals surface area contributed by atoms with Gasteiger partial charge < -0.3 is 20.8 Å². The van der Waals surface area contributed by atoms with Gasteiger partial charge in [-0.15, -0.1) is 0 Å². The van der Waals surface area contributed by atoms with Crippen LogP contribution in [0.1, 0.15) is 19.3 Å². The maximum absolute atomic E-state index is 12.2. The SMILES string of the molecule is O=C(O)NC12CC(C(=O)Nc3cc(Cl)cnc3O)(C1)C2. The van der Waals surface area contributed by atoms with Crippen LogP contribution in [0, 0.1) is 5.41 Å². The number of carbonyl (C=O) groups excluding carboxylic acids is 1. The maximum Gasteiger partial charge on any atom is 0.405 e. The van der Waals surface area contributed by atoms with Crippen molar-refractivity contribution in [1.29, 1.82) is 0 Å². The monoisotopic (exact) mass is 297 g/mol. The lowest BCUT2D eigenvalue weighted by atomic mass is 9.39. The number of carbonyl (C=O) groups is 2. The predicted octanol–water partition coefficient (Wildman–Crippen LogP) is 1.57. The number of hydrogen-bond acceptors (Lipinski definition) is 4. The second-order valence-electron chi connectivity index (χ2n) is 5.50. The molecule has 1 aromatic rings. The van der Waals surface area contributed by atoms with E-state index >= 15 is 0 Å². The van der Waals surface area contributed by atoms with E-state index in [4.69, 9.17) is 16.7 Å². The summed E-state index contributed by atoms with van der Waals surface area (Å²) < 4.78 is 0. The van der Waals surface area contributed by atoms with Gasteiger partial charge >= 0.3 is 6.09 Å². The summed E-state index contributed by atoms with van der Waals surface area (Å²) in [5, 5.41) is 23.6. The standard InChI is InChI=1S/C12H12ClN3O4/c13-6-1-7(8(17)14-2-6)15-9(18)11-3-12(4-11,5-11)16-10(19)20/h1-2,16H,3-5H2,(H,14,17)(H,15,18)(H,19,20). The third-order valence-corrected chi connectivity index (χ3v) is 4.17. The molecule has 3 aliphatic carbocycles. The molecule has 0 aromatic carbocycles. The Balaban J connectivity index is 1.65. The van der Waals surface area contributed by atoms with E-state index in [2.05, 4.69) is 15.6 Å². The number of aromatic nitrogens is 1. The fourth-order valence-corrected chi connectivity index (χ4v) is 3.33. The minimum atomic E-state index is -1.07. The van der Waals surface area contributed by atoms with Gasteiger partial charge in [0, 0.05) is 11.7 Å². The lowest BCUT2D eigenvalue weighted by Crippen LogP contribution is -2.77. The molecular weight excluding hydrogens is 286 g/mol. The summed E-state index contributed by atoms with van der Waals surface area (Å²) >= 11 is 5.75. The Kier molecular flexibility index (Phi) is 2.59. The van der Waals surface area contributed by atoms with Gasteiger partial charge in [-0.25, -0.2) is 9.78 Å². The number of amides is 2. The highest BCUT2D eigenvalue weighted by molar-refractivity contribution is 6.30. The molecule has 1 heterocycles. The zero-order valence-electron chi connectivity index (χ0n) is 10.3. The van der Waals surface area contributed by atoms with E-state index in [0.29, 0.717) is 24.3 Å². The van der Waals surface area contributed by atoms with E-state index < -0.39 is 17.0 Å². The van der Waals surface area contributed by atoms with E-state index in [-0.39, 0.29) is 17.5 Å². The minimum absolute atomic E-state index is 0.160. The highest BCUT2D eigenvalue weighted by Crippen LogP contribution is 2.67. The molecule has 4 rings (SSSR count). The predicted molar refractivity (Wildman–Crippen MR) is 69.7 cm³/mol. The van der Waals surface area contributed by atoms with Crippen LogP contribution in [-0.2, 0) is 4.79 Å². The van der Waals surface area contributed by atoms with Gasteiger partial charge in [-0.3, -0.25) is 4.79 Å². The Hall–Kier alpha value is -2.02. The third-order valence-electron chi connectivity index (χ3n) is 3.97. The minimum Gasteiger partial charge on any atom is -0.492 e. The second kappa shape index (κ2) is 3.99. The van der Waals surface area contributed by atoms with Crippen LogP contribution in [-0.4, -0.2) is 32.7 Å². The first-order valence-corrected chi connectivity index (χ1v) is 6.39. The zero-order chi connectivity index (χ0) is 14.5. The summed E-state index contributed by atoms with van der Waals surface area (Å²) in [7, 11) is 0. The van der Waals surface area contributed by atoms with Gasteiger partial charge in [0.1, 0.15) is 5.69 Å². The zero-order valence-corrected chi connectivity index (χ0v) is 11.1. The van der Waals surface area contributed by atoms with Crippen molar-refractivity contribution in [3.05, 3.63) is 17.3 Å². The molecular formula is C12H12ClN3O4. The van der Waals surface area contributed by atoms with E-state index in [0.717, 1.165) is 0 Å². The smallest absolute Gasteiger partial charge is 0.405 e. The molecule has 7 nitrogen and oxygen atoms in total. The van der Waals surface area contributed by atoms with Gasteiger partial charge in [-0.2, -0.15) is 0 Å². The molecule has 0 spiro atoms. The number of halogens is 1. The first-order chi connectivity index (χ1) is 9.34. The molecule has 8 heteroatoms. The van der Waals surface area contributed by atoms with Crippen LogP contribution >= 0.6 is 11.6 Å². The van der Waals surface area contributed by atoms with Gasteiger partial charge in [0.25, 0.3) is 0 Å². The number of anilines is 1. The van der Waals surface area contributed by atoms with Gasteiger partial charge in [0.05, 0.1) is 10.4 Å². The summed E-state index contributed by atoms with van der Waals surface area (Å²) in [5.74, 6) is -0.543. The van der Waals surface area contributed by atoms with Crippen molar-refractivity contribution in [2.24, 2.45) is 5.41 Å².